The summed E-state index contributed by atoms with van der Waals surface area (Å²) in [5, 5.41) is 3.39. The maximum Gasteiger partial charge on any atom is 0.410 e. The largest absolute Gasteiger partial charge is 0.444 e. The quantitative estimate of drug-likeness (QED) is 0.291. The zero-order valence-corrected chi connectivity index (χ0v) is 26.6. The van der Waals surface area contributed by atoms with Gasteiger partial charge in [-0.05, 0) is 60.1 Å². The van der Waals surface area contributed by atoms with Gasteiger partial charge < -0.3 is 14.5 Å². The van der Waals surface area contributed by atoms with E-state index in [4.69, 9.17) is 21.3 Å². The lowest BCUT2D eigenvalue weighted by Gasteiger charge is -2.40. The fraction of sp³-hybridized carbons (Fsp3) is 0.552. The summed E-state index contributed by atoms with van der Waals surface area (Å²) in [7, 11) is 0. The molecule has 5 rings (SSSR count). The second-order valence-electron chi connectivity index (χ2n) is 11.8. The van der Waals surface area contributed by atoms with Gasteiger partial charge in [0, 0.05) is 48.5 Å². The van der Waals surface area contributed by atoms with Gasteiger partial charge >= 0.3 is 6.09 Å². The van der Waals surface area contributed by atoms with Crippen LogP contribution in [0.25, 0.3) is 10.6 Å². The van der Waals surface area contributed by atoms with Gasteiger partial charge in [-0.15, -0.1) is 22.7 Å². The van der Waals surface area contributed by atoms with Gasteiger partial charge in [0.2, 0.25) is 0 Å². The number of hydrogen-bond acceptors (Lipinski definition) is 10. The number of Topliss-reactive ketones (excluding diaryl/α,β-unsaturated/α-hetero) is 1. The number of likely N-dealkylation sites (tertiary alicyclic amines) is 1. The molecule has 9 nitrogen and oxygen atoms in total. The predicted octanol–water partition coefficient (Wildman–Crippen LogP) is 6.17. The molecule has 2 aliphatic rings. The molecule has 1 amide bonds. The first-order valence-electron chi connectivity index (χ1n) is 14.0. The predicted molar refractivity (Wildman–Crippen MR) is 164 cm³/mol. The molecule has 12 heteroatoms. The molecule has 220 valence electrons. The Bertz CT molecular complexity index is 1390. The molecule has 2 atom stereocenters. The van der Waals surface area contributed by atoms with E-state index in [1.165, 1.54) is 17.7 Å². The van der Waals surface area contributed by atoms with Crippen molar-refractivity contribution >= 4 is 52.0 Å². The first-order valence-corrected chi connectivity index (χ1v) is 16.1. The van der Waals surface area contributed by atoms with Crippen LogP contribution in [0.4, 0.5) is 10.6 Å². The van der Waals surface area contributed by atoms with Gasteiger partial charge in [0.05, 0.1) is 34.4 Å². The summed E-state index contributed by atoms with van der Waals surface area (Å²) in [4.78, 5) is 48.1. The number of piperazine rings is 1. The highest BCUT2D eigenvalue weighted by Gasteiger charge is 2.31. The molecule has 2 aliphatic heterocycles. The number of hydrogen-bond donors (Lipinski definition) is 0. The van der Waals surface area contributed by atoms with Crippen molar-refractivity contribution in [2.75, 3.05) is 31.1 Å². The summed E-state index contributed by atoms with van der Waals surface area (Å²) in [5.41, 5.74) is 0.714. The normalized spacial score (nSPS) is 20.0. The maximum atomic E-state index is 13.2. The van der Waals surface area contributed by atoms with E-state index in [0.29, 0.717) is 42.2 Å². The van der Waals surface area contributed by atoms with Crippen molar-refractivity contribution in [2.45, 2.75) is 78.1 Å². The highest BCUT2D eigenvalue weighted by molar-refractivity contribution is 7.15. The monoisotopic (exact) mass is 616 g/mol. The minimum atomic E-state index is -0.531. The number of thiophene rings is 1. The van der Waals surface area contributed by atoms with Crippen LogP contribution in [0.5, 0.6) is 0 Å². The third-order valence-corrected chi connectivity index (χ3v) is 9.71. The van der Waals surface area contributed by atoms with Gasteiger partial charge in [0.25, 0.3) is 0 Å². The summed E-state index contributed by atoms with van der Waals surface area (Å²) in [5.74, 6) is 0.573. The summed E-state index contributed by atoms with van der Waals surface area (Å²) < 4.78 is 5.52. The molecule has 0 unspecified atom stereocenters. The molecule has 2 fully saturated rings. The Morgan fingerprint density at radius 2 is 1.93 bits per heavy atom. The van der Waals surface area contributed by atoms with Crippen LogP contribution in [0.1, 0.15) is 67.8 Å². The van der Waals surface area contributed by atoms with Crippen LogP contribution in [0.3, 0.4) is 0 Å². The molecule has 0 saturated carbocycles. The molecule has 0 N–H and O–H groups in total. The molecule has 41 heavy (non-hydrogen) atoms. The smallest absolute Gasteiger partial charge is 0.410 e. The molecule has 0 aromatic carbocycles. The SMILES string of the molecule is C[C@@H]1CCCN1Cc1sc(CC(=O)c2cnc(N3CCN(C(=O)OC(C)(C)C)C[C@@H]3C)cn2)nc1-c1cc(Cl)cs1. The number of carbonyl (C=O) groups is 2. The fourth-order valence-corrected chi connectivity index (χ4v) is 7.52. The summed E-state index contributed by atoms with van der Waals surface area (Å²) in [6.45, 7) is 13.5. The first kappa shape index (κ1) is 29.9. The number of carbonyl (C=O) groups excluding carboxylic acids is 2. The van der Waals surface area contributed by atoms with Crippen molar-refractivity contribution in [3.05, 3.63) is 44.4 Å². The number of aromatic nitrogens is 3. The fourth-order valence-electron chi connectivity index (χ4n) is 5.26. The molecule has 0 bridgehead atoms. The Morgan fingerprint density at radius 3 is 2.54 bits per heavy atom. The molecule has 2 saturated heterocycles. The van der Waals surface area contributed by atoms with Gasteiger partial charge in [0.1, 0.15) is 22.1 Å². The average Bonchev–Trinajstić information content (AvgIpc) is 3.63. The van der Waals surface area contributed by atoms with Gasteiger partial charge in [-0.2, -0.15) is 0 Å². The minimum absolute atomic E-state index is 0.0309. The molecular formula is C29H37ClN6O3S2. The lowest BCUT2D eigenvalue weighted by atomic mass is 10.2. The van der Waals surface area contributed by atoms with Gasteiger partial charge in [-0.1, -0.05) is 11.6 Å². The van der Waals surface area contributed by atoms with Gasteiger partial charge in [0.15, 0.2) is 5.78 Å². The van der Waals surface area contributed by atoms with Gasteiger partial charge in [-0.25, -0.2) is 19.7 Å². The third kappa shape index (κ3) is 7.25. The standard InChI is InChI=1S/C29H37ClN6O3S2/c1-18-7-6-8-34(18)16-24-27(23-11-20(30)17-40-23)33-26(41-24)12-22(37)21-13-32-25(14-31-21)36-10-9-35(15-19(36)2)28(38)39-29(3,4)5/h11,13-14,17-19H,6-10,12,15-16H2,1-5H3/t18-,19+/m1/s1. The van der Waals surface area contributed by atoms with Gasteiger partial charge in [-0.3, -0.25) is 9.69 Å². The van der Waals surface area contributed by atoms with Crippen LogP contribution in [0.2, 0.25) is 5.02 Å². The highest BCUT2D eigenvalue weighted by Crippen LogP contribution is 2.36. The molecule has 0 aliphatic carbocycles. The van der Waals surface area contributed by atoms with Crippen molar-refractivity contribution in [1.82, 2.24) is 24.8 Å². The average molecular weight is 617 g/mol. The maximum absolute atomic E-state index is 13.2. The molecule has 5 heterocycles. The van der Waals surface area contributed by atoms with E-state index in [0.717, 1.165) is 28.7 Å². The Morgan fingerprint density at radius 1 is 1.12 bits per heavy atom. The van der Waals surface area contributed by atoms with Crippen LogP contribution in [0.15, 0.2) is 23.8 Å². The number of amides is 1. The number of halogens is 1. The second-order valence-corrected chi connectivity index (χ2v) is 14.3. The van der Waals surface area contributed by atoms with E-state index in [2.05, 4.69) is 26.7 Å². The summed E-state index contributed by atoms with van der Waals surface area (Å²) in [6, 6.07) is 2.52. The van der Waals surface area contributed by atoms with E-state index in [1.807, 2.05) is 39.1 Å². The molecular weight excluding hydrogens is 580 g/mol. The zero-order valence-electron chi connectivity index (χ0n) is 24.2. The number of ketones is 1. The number of thiazole rings is 1. The van der Waals surface area contributed by atoms with E-state index < -0.39 is 5.60 Å². The Hall–Kier alpha value is -2.60. The van der Waals surface area contributed by atoms with Crippen LogP contribution in [-0.2, 0) is 17.7 Å². The van der Waals surface area contributed by atoms with E-state index in [9.17, 15) is 9.59 Å². The van der Waals surface area contributed by atoms with Crippen molar-refractivity contribution in [1.29, 1.82) is 0 Å². The summed E-state index contributed by atoms with van der Waals surface area (Å²) in [6.07, 6.45) is 5.47. The van der Waals surface area contributed by atoms with Crippen molar-refractivity contribution in [2.24, 2.45) is 0 Å². The number of rotatable bonds is 7. The number of anilines is 1. The van der Waals surface area contributed by atoms with E-state index in [-0.39, 0.29) is 24.3 Å². The van der Waals surface area contributed by atoms with Crippen LogP contribution >= 0.6 is 34.3 Å². The second kappa shape index (κ2) is 12.3. The lowest BCUT2D eigenvalue weighted by Crippen LogP contribution is -2.54. The van der Waals surface area contributed by atoms with Crippen molar-refractivity contribution in [3.63, 3.8) is 0 Å². The Labute approximate surface area is 254 Å². The molecule has 0 spiro atoms. The van der Waals surface area contributed by atoms with E-state index in [1.54, 1.807) is 40.0 Å². The number of ether oxygens (including phenoxy) is 1. The van der Waals surface area contributed by atoms with E-state index >= 15 is 0 Å². The molecule has 3 aromatic rings. The van der Waals surface area contributed by atoms with Crippen LogP contribution in [0, 0.1) is 0 Å². The minimum Gasteiger partial charge on any atom is -0.444 e. The third-order valence-electron chi connectivity index (χ3n) is 7.39. The zero-order chi connectivity index (χ0) is 29.3. The number of nitrogens with zero attached hydrogens (tertiary/aromatic N) is 6. The Balaban J connectivity index is 1.25. The van der Waals surface area contributed by atoms with Crippen molar-refractivity contribution < 1.29 is 14.3 Å². The highest BCUT2D eigenvalue weighted by atomic mass is 35.5. The Kier molecular flexibility index (Phi) is 8.98. The summed E-state index contributed by atoms with van der Waals surface area (Å²) >= 11 is 9.40. The molecule has 3 aromatic heterocycles. The first-order chi connectivity index (χ1) is 19.5. The topological polar surface area (TPSA) is 91.8 Å². The van der Waals surface area contributed by atoms with Crippen LogP contribution < -0.4 is 4.90 Å². The lowest BCUT2D eigenvalue weighted by molar-refractivity contribution is 0.0218. The molecule has 0 radical (unpaired) electrons. The van der Waals surface area contributed by atoms with Crippen LogP contribution in [-0.4, -0.2) is 80.5 Å². The van der Waals surface area contributed by atoms with Crippen molar-refractivity contribution in [3.8, 4) is 10.6 Å².